The van der Waals surface area contributed by atoms with Gasteiger partial charge in [0.15, 0.2) is 11.6 Å². The average molecular weight is 402 g/mol. The van der Waals surface area contributed by atoms with Gasteiger partial charge in [0.05, 0.1) is 6.20 Å². The molecule has 0 aliphatic rings. The standard InChI is InChI=1S/C22H22N6O2/c23-15-18-16-26-28(19-11-6-8-13-24-19)21(18)27-20(29)12-5-2-7-14-25-22(30)17-9-3-1-4-10-17/h1,3-4,6,8-11,13,16H,2,5,7,12,14H2,(H,25,30)(H,27,29). The summed E-state index contributed by atoms with van der Waals surface area (Å²) in [6, 6.07) is 16.4. The van der Waals surface area contributed by atoms with Crippen molar-refractivity contribution in [3.05, 3.63) is 72.1 Å². The van der Waals surface area contributed by atoms with E-state index in [9.17, 15) is 14.9 Å². The number of nitriles is 1. The Labute approximate surface area is 174 Å². The molecule has 0 aliphatic heterocycles. The molecule has 0 bridgehead atoms. The van der Waals surface area contributed by atoms with E-state index in [0.29, 0.717) is 36.6 Å². The predicted molar refractivity (Wildman–Crippen MR) is 112 cm³/mol. The number of hydrogen-bond acceptors (Lipinski definition) is 5. The van der Waals surface area contributed by atoms with Crippen LogP contribution in [0, 0.1) is 11.3 Å². The topological polar surface area (TPSA) is 113 Å². The summed E-state index contributed by atoms with van der Waals surface area (Å²) in [6.45, 7) is 0.556. The van der Waals surface area contributed by atoms with E-state index < -0.39 is 0 Å². The number of carbonyl (C=O) groups excluding carboxylic acids is 2. The molecular formula is C22H22N6O2. The molecule has 2 amide bonds. The molecule has 0 saturated heterocycles. The quantitative estimate of drug-likeness (QED) is 0.534. The second-order valence-corrected chi connectivity index (χ2v) is 6.60. The van der Waals surface area contributed by atoms with Crippen LogP contribution in [-0.4, -0.2) is 33.1 Å². The molecule has 2 N–H and O–H groups in total. The van der Waals surface area contributed by atoms with Crippen molar-refractivity contribution in [2.24, 2.45) is 0 Å². The van der Waals surface area contributed by atoms with Crippen LogP contribution in [0.15, 0.2) is 60.9 Å². The third-order valence-corrected chi connectivity index (χ3v) is 4.42. The molecule has 0 unspecified atom stereocenters. The van der Waals surface area contributed by atoms with E-state index in [4.69, 9.17) is 0 Å². The third kappa shape index (κ3) is 5.52. The summed E-state index contributed by atoms with van der Waals surface area (Å²) in [7, 11) is 0. The van der Waals surface area contributed by atoms with Gasteiger partial charge in [0.2, 0.25) is 5.91 Å². The Kier molecular flexibility index (Phi) is 7.28. The van der Waals surface area contributed by atoms with E-state index in [1.54, 1.807) is 36.5 Å². The van der Waals surface area contributed by atoms with Gasteiger partial charge in [-0.3, -0.25) is 9.59 Å². The minimum absolute atomic E-state index is 0.0971. The van der Waals surface area contributed by atoms with Gasteiger partial charge in [-0.15, -0.1) is 0 Å². The first kappa shape index (κ1) is 20.7. The van der Waals surface area contributed by atoms with Gasteiger partial charge in [-0.05, 0) is 37.1 Å². The largest absolute Gasteiger partial charge is 0.352 e. The highest BCUT2D eigenvalue weighted by Gasteiger charge is 2.15. The summed E-state index contributed by atoms with van der Waals surface area (Å²) < 4.78 is 1.44. The first-order valence-electron chi connectivity index (χ1n) is 9.71. The Morgan fingerprint density at radius 3 is 2.57 bits per heavy atom. The normalized spacial score (nSPS) is 10.2. The molecule has 30 heavy (non-hydrogen) atoms. The number of benzene rings is 1. The zero-order valence-electron chi connectivity index (χ0n) is 16.4. The second-order valence-electron chi connectivity index (χ2n) is 6.60. The maximum atomic E-state index is 12.3. The van der Waals surface area contributed by atoms with E-state index in [-0.39, 0.29) is 17.4 Å². The minimum atomic E-state index is -0.197. The Morgan fingerprint density at radius 1 is 1.03 bits per heavy atom. The molecule has 2 aromatic heterocycles. The third-order valence-electron chi connectivity index (χ3n) is 4.42. The maximum absolute atomic E-state index is 12.3. The number of amides is 2. The molecule has 8 heteroatoms. The summed E-state index contributed by atoms with van der Waals surface area (Å²) in [5.74, 6) is 0.539. The number of nitrogens with one attached hydrogen (secondary N) is 2. The maximum Gasteiger partial charge on any atom is 0.251 e. The smallest absolute Gasteiger partial charge is 0.251 e. The summed E-state index contributed by atoms with van der Waals surface area (Å²) in [5, 5.41) is 19.1. The lowest BCUT2D eigenvalue weighted by Crippen LogP contribution is -2.24. The van der Waals surface area contributed by atoms with Crippen LogP contribution in [0.2, 0.25) is 0 Å². The van der Waals surface area contributed by atoms with Gasteiger partial charge in [0, 0.05) is 24.7 Å². The van der Waals surface area contributed by atoms with Crippen LogP contribution in [0.4, 0.5) is 5.82 Å². The zero-order chi connectivity index (χ0) is 21.2. The number of unbranched alkanes of at least 4 members (excludes halogenated alkanes) is 2. The van der Waals surface area contributed by atoms with Crippen molar-refractivity contribution in [2.45, 2.75) is 25.7 Å². The van der Waals surface area contributed by atoms with Crippen molar-refractivity contribution in [1.29, 1.82) is 5.26 Å². The molecule has 0 saturated carbocycles. The zero-order valence-corrected chi connectivity index (χ0v) is 16.4. The molecule has 2 heterocycles. The molecule has 8 nitrogen and oxygen atoms in total. The predicted octanol–water partition coefficient (Wildman–Crippen LogP) is 3.07. The fourth-order valence-corrected chi connectivity index (χ4v) is 2.88. The number of anilines is 1. The first-order valence-corrected chi connectivity index (χ1v) is 9.71. The SMILES string of the molecule is N#Cc1cnn(-c2ccccn2)c1NC(=O)CCCCCNC(=O)c1ccccc1. The highest BCUT2D eigenvalue weighted by atomic mass is 16.2. The lowest BCUT2D eigenvalue weighted by atomic mass is 10.1. The van der Waals surface area contributed by atoms with Crippen LogP contribution in [0.5, 0.6) is 0 Å². The lowest BCUT2D eigenvalue weighted by molar-refractivity contribution is -0.116. The molecule has 0 spiro atoms. The highest BCUT2D eigenvalue weighted by molar-refractivity contribution is 5.94. The molecule has 152 valence electrons. The van der Waals surface area contributed by atoms with Crippen LogP contribution in [-0.2, 0) is 4.79 Å². The molecule has 3 rings (SSSR count). The van der Waals surface area contributed by atoms with E-state index in [2.05, 4.69) is 20.7 Å². The van der Waals surface area contributed by atoms with Gasteiger partial charge in [-0.1, -0.05) is 30.7 Å². The summed E-state index contributed by atoms with van der Waals surface area (Å²) >= 11 is 0. The summed E-state index contributed by atoms with van der Waals surface area (Å²) in [6.07, 6.45) is 5.58. The van der Waals surface area contributed by atoms with Crippen molar-refractivity contribution in [2.75, 3.05) is 11.9 Å². The minimum Gasteiger partial charge on any atom is -0.352 e. The van der Waals surface area contributed by atoms with Gasteiger partial charge in [0.25, 0.3) is 5.91 Å². The van der Waals surface area contributed by atoms with Gasteiger partial charge in [0.1, 0.15) is 11.6 Å². The van der Waals surface area contributed by atoms with E-state index in [0.717, 1.165) is 12.8 Å². The fourth-order valence-electron chi connectivity index (χ4n) is 2.88. The van der Waals surface area contributed by atoms with Crippen molar-refractivity contribution >= 4 is 17.6 Å². The Morgan fingerprint density at radius 2 is 1.83 bits per heavy atom. The van der Waals surface area contributed by atoms with E-state index in [1.165, 1.54) is 10.9 Å². The van der Waals surface area contributed by atoms with Crippen molar-refractivity contribution < 1.29 is 9.59 Å². The Bertz CT molecular complexity index is 1020. The van der Waals surface area contributed by atoms with Gasteiger partial charge < -0.3 is 10.6 Å². The molecule has 0 aliphatic carbocycles. The second kappa shape index (κ2) is 10.5. The van der Waals surface area contributed by atoms with Crippen LogP contribution in [0.1, 0.15) is 41.6 Å². The van der Waals surface area contributed by atoms with Crippen LogP contribution in [0.25, 0.3) is 5.82 Å². The Balaban J connectivity index is 1.43. The van der Waals surface area contributed by atoms with Gasteiger partial charge in [-0.2, -0.15) is 15.0 Å². The van der Waals surface area contributed by atoms with Gasteiger partial charge in [-0.25, -0.2) is 4.98 Å². The first-order chi connectivity index (χ1) is 14.7. The molecule has 1 aromatic carbocycles. The molecular weight excluding hydrogens is 380 g/mol. The number of aromatic nitrogens is 3. The van der Waals surface area contributed by atoms with E-state index >= 15 is 0 Å². The average Bonchev–Trinajstić information content (AvgIpc) is 3.19. The Hall–Kier alpha value is -3.99. The number of nitrogens with zero attached hydrogens (tertiary/aromatic N) is 4. The summed E-state index contributed by atoms with van der Waals surface area (Å²) in [5.41, 5.74) is 0.910. The van der Waals surface area contributed by atoms with Crippen LogP contribution in [0.3, 0.4) is 0 Å². The van der Waals surface area contributed by atoms with E-state index in [1.807, 2.05) is 24.3 Å². The highest BCUT2D eigenvalue weighted by Crippen LogP contribution is 2.18. The summed E-state index contributed by atoms with van der Waals surface area (Å²) in [4.78, 5) is 28.5. The van der Waals surface area contributed by atoms with Crippen molar-refractivity contribution in [3.8, 4) is 11.9 Å². The van der Waals surface area contributed by atoms with Crippen molar-refractivity contribution in [1.82, 2.24) is 20.1 Å². The van der Waals surface area contributed by atoms with Gasteiger partial charge >= 0.3 is 0 Å². The lowest BCUT2D eigenvalue weighted by Gasteiger charge is -2.09. The van der Waals surface area contributed by atoms with Crippen LogP contribution < -0.4 is 10.6 Å². The number of hydrogen-bond donors (Lipinski definition) is 2. The molecule has 0 radical (unpaired) electrons. The molecule has 3 aromatic rings. The number of pyridine rings is 1. The molecule has 0 atom stereocenters. The monoisotopic (exact) mass is 402 g/mol. The fraction of sp³-hybridized carbons (Fsp3) is 0.227. The van der Waals surface area contributed by atoms with Crippen LogP contribution >= 0.6 is 0 Å². The van der Waals surface area contributed by atoms with Crippen molar-refractivity contribution in [3.63, 3.8) is 0 Å². The number of carbonyl (C=O) groups is 2. The molecule has 0 fully saturated rings. The number of rotatable bonds is 9.